The second kappa shape index (κ2) is 6.60. The van der Waals surface area contributed by atoms with Crippen molar-refractivity contribution in [1.82, 2.24) is 24.3 Å². The Morgan fingerprint density at radius 1 is 1.26 bits per heavy atom. The van der Waals surface area contributed by atoms with Gasteiger partial charge in [-0.2, -0.15) is 5.26 Å². The summed E-state index contributed by atoms with van der Waals surface area (Å²) in [5.74, 6) is 0.807. The first kappa shape index (κ1) is 18.7. The van der Waals surface area contributed by atoms with Crippen LogP contribution in [0, 0.1) is 11.3 Å². The van der Waals surface area contributed by atoms with Crippen molar-refractivity contribution in [3.05, 3.63) is 65.2 Å². The number of rotatable bonds is 3. The lowest BCUT2D eigenvalue weighted by molar-refractivity contribution is -0.119. The van der Waals surface area contributed by atoms with Crippen LogP contribution in [0.1, 0.15) is 36.2 Å². The second-order valence-electron chi connectivity index (χ2n) is 7.96. The topological polar surface area (TPSA) is 135 Å². The number of carbonyl (C=O) groups excluding carboxylic acids is 1. The monoisotopic (exact) mass is 410 g/mol. The van der Waals surface area contributed by atoms with Crippen molar-refractivity contribution in [3.8, 4) is 17.6 Å². The fourth-order valence-corrected chi connectivity index (χ4v) is 3.84. The predicted octanol–water partition coefficient (Wildman–Crippen LogP) is 2.46. The molecular weight excluding hydrogens is 392 g/mol. The minimum atomic E-state index is -0.795. The number of nitrogens with one attached hydrogen (secondary N) is 1. The van der Waals surface area contributed by atoms with Crippen molar-refractivity contribution in [1.29, 1.82) is 5.26 Å². The van der Waals surface area contributed by atoms with E-state index in [0.29, 0.717) is 46.2 Å². The molecule has 1 aliphatic heterocycles. The number of anilines is 2. The number of nitrogens with zero attached hydrogens (tertiary/aromatic N) is 6. The summed E-state index contributed by atoms with van der Waals surface area (Å²) in [6.45, 7) is 3.58. The van der Waals surface area contributed by atoms with Crippen LogP contribution in [0.15, 0.2) is 42.9 Å². The van der Waals surface area contributed by atoms with Crippen LogP contribution < -0.4 is 11.1 Å². The first-order valence-corrected chi connectivity index (χ1v) is 9.68. The van der Waals surface area contributed by atoms with E-state index in [0.717, 1.165) is 5.56 Å². The predicted molar refractivity (Wildman–Crippen MR) is 114 cm³/mol. The maximum absolute atomic E-state index is 12.3. The van der Waals surface area contributed by atoms with Crippen LogP contribution in [-0.2, 0) is 16.6 Å². The van der Waals surface area contributed by atoms with Crippen LogP contribution in [0.5, 0.6) is 0 Å². The fourth-order valence-electron chi connectivity index (χ4n) is 3.84. The van der Waals surface area contributed by atoms with E-state index < -0.39 is 5.41 Å². The number of benzene rings is 1. The van der Waals surface area contributed by atoms with Crippen LogP contribution in [-0.4, -0.2) is 30.2 Å². The van der Waals surface area contributed by atoms with Gasteiger partial charge in [-0.1, -0.05) is 12.1 Å². The molecule has 5 rings (SSSR count). The molecule has 3 aromatic heterocycles. The van der Waals surface area contributed by atoms with Crippen molar-refractivity contribution in [2.45, 2.75) is 25.7 Å². The van der Waals surface area contributed by atoms with Gasteiger partial charge in [0.1, 0.15) is 17.3 Å². The molecule has 3 N–H and O–H groups in total. The lowest BCUT2D eigenvalue weighted by Gasteiger charge is -2.16. The minimum absolute atomic E-state index is 0.170. The number of amides is 1. The summed E-state index contributed by atoms with van der Waals surface area (Å²) in [4.78, 5) is 30.5. The highest BCUT2D eigenvalue weighted by Gasteiger charge is 2.42. The Labute approximate surface area is 177 Å². The first-order valence-electron chi connectivity index (χ1n) is 9.68. The third-order valence-corrected chi connectivity index (χ3v) is 5.46. The zero-order valence-corrected chi connectivity index (χ0v) is 16.9. The fraction of sp³-hybridized carbons (Fsp3) is 0.182. The summed E-state index contributed by atoms with van der Waals surface area (Å²) in [6, 6.07) is 9.52. The summed E-state index contributed by atoms with van der Waals surface area (Å²) in [6.07, 6.45) is 5.77. The molecule has 0 aliphatic carbocycles. The Morgan fingerprint density at radius 2 is 2.10 bits per heavy atom. The summed E-state index contributed by atoms with van der Waals surface area (Å²) in [7, 11) is 0. The number of hydrogen-bond donors (Lipinski definition) is 2. The highest BCUT2D eigenvalue weighted by molar-refractivity contribution is 6.06. The molecule has 0 unspecified atom stereocenters. The number of hydrogen-bond acceptors (Lipinski definition) is 7. The van der Waals surface area contributed by atoms with Gasteiger partial charge in [-0.15, -0.1) is 0 Å². The number of carbonyl (C=O) groups is 1. The Hall–Kier alpha value is -4.32. The van der Waals surface area contributed by atoms with E-state index in [1.54, 1.807) is 32.3 Å². The normalized spacial score (nSPS) is 14.3. The van der Waals surface area contributed by atoms with E-state index in [2.05, 4.69) is 26.3 Å². The van der Waals surface area contributed by atoms with Gasteiger partial charge >= 0.3 is 0 Å². The molecule has 4 aromatic rings. The Bertz CT molecular complexity index is 1410. The number of fused-ring (bicyclic) bond motifs is 2. The van der Waals surface area contributed by atoms with Crippen molar-refractivity contribution in [2.24, 2.45) is 0 Å². The van der Waals surface area contributed by atoms with Crippen LogP contribution >= 0.6 is 0 Å². The molecule has 1 aromatic carbocycles. The Kier molecular flexibility index (Phi) is 3.98. The van der Waals surface area contributed by atoms with Gasteiger partial charge in [0.2, 0.25) is 5.91 Å². The average molecular weight is 410 g/mol. The molecule has 0 fully saturated rings. The first-order chi connectivity index (χ1) is 14.9. The van der Waals surface area contributed by atoms with E-state index in [1.807, 2.05) is 28.8 Å². The highest BCUT2D eigenvalue weighted by Crippen LogP contribution is 2.40. The van der Waals surface area contributed by atoms with Crippen LogP contribution in [0.2, 0.25) is 0 Å². The van der Waals surface area contributed by atoms with Gasteiger partial charge in [-0.25, -0.2) is 19.9 Å². The summed E-state index contributed by atoms with van der Waals surface area (Å²) in [5, 5.41) is 12.0. The van der Waals surface area contributed by atoms with Crippen molar-refractivity contribution < 1.29 is 4.79 Å². The third-order valence-electron chi connectivity index (χ3n) is 5.46. The van der Waals surface area contributed by atoms with Crippen LogP contribution in [0.25, 0.3) is 17.2 Å². The molecule has 31 heavy (non-hydrogen) atoms. The number of nitrogen functional groups attached to an aromatic ring is 1. The van der Waals surface area contributed by atoms with Crippen molar-refractivity contribution >= 4 is 23.2 Å². The average Bonchev–Trinajstić information content (AvgIpc) is 3.30. The van der Waals surface area contributed by atoms with Gasteiger partial charge in [0.15, 0.2) is 11.5 Å². The third kappa shape index (κ3) is 2.97. The molecule has 0 saturated carbocycles. The molecule has 4 heterocycles. The van der Waals surface area contributed by atoms with E-state index in [4.69, 9.17) is 10.7 Å². The zero-order chi connectivity index (χ0) is 21.8. The number of aromatic nitrogens is 5. The Morgan fingerprint density at radius 3 is 2.90 bits per heavy atom. The lowest BCUT2D eigenvalue weighted by atomic mass is 9.87. The highest BCUT2D eigenvalue weighted by atomic mass is 16.2. The Balaban J connectivity index is 1.63. The molecule has 1 amide bonds. The van der Waals surface area contributed by atoms with Crippen molar-refractivity contribution in [2.75, 3.05) is 11.1 Å². The molecule has 0 bridgehead atoms. The number of imidazole rings is 1. The largest absolute Gasteiger partial charge is 0.383 e. The van der Waals surface area contributed by atoms with E-state index in [1.165, 1.54) is 0 Å². The van der Waals surface area contributed by atoms with Gasteiger partial charge in [-0.3, -0.25) is 4.79 Å². The molecule has 0 atom stereocenters. The smallest absolute Gasteiger partial charge is 0.235 e. The van der Waals surface area contributed by atoms with E-state index >= 15 is 0 Å². The lowest BCUT2D eigenvalue weighted by Crippen LogP contribution is -2.27. The second-order valence-corrected chi connectivity index (χ2v) is 7.96. The maximum Gasteiger partial charge on any atom is 0.235 e. The standard InChI is InChI=1S/C22H18N8O/c1-22(2)16-17(24)27-18(28-19(16)29-21(22)31)15-11-30-7-6-25-20(30)14(26-15)9-12-4-3-5-13(8-12)10-23/h3-8,11H,9H2,1-2H3,(H3,24,27,28,29,31). The molecule has 152 valence electrons. The molecular formula is C22H18N8O. The van der Waals surface area contributed by atoms with E-state index in [-0.39, 0.29) is 11.7 Å². The van der Waals surface area contributed by atoms with Crippen LogP contribution in [0.3, 0.4) is 0 Å². The summed E-state index contributed by atoms with van der Waals surface area (Å²) >= 11 is 0. The molecule has 0 spiro atoms. The van der Waals surface area contributed by atoms with Gasteiger partial charge in [0.25, 0.3) is 0 Å². The van der Waals surface area contributed by atoms with Crippen molar-refractivity contribution in [3.63, 3.8) is 0 Å². The van der Waals surface area contributed by atoms with Gasteiger partial charge in [0.05, 0.1) is 28.3 Å². The van der Waals surface area contributed by atoms with Gasteiger partial charge < -0.3 is 15.5 Å². The van der Waals surface area contributed by atoms with Gasteiger partial charge in [0, 0.05) is 25.0 Å². The summed E-state index contributed by atoms with van der Waals surface area (Å²) < 4.78 is 1.85. The number of nitrogens with two attached hydrogens (primary N) is 1. The quantitative estimate of drug-likeness (QED) is 0.529. The minimum Gasteiger partial charge on any atom is -0.383 e. The molecule has 0 radical (unpaired) electrons. The van der Waals surface area contributed by atoms with Crippen LogP contribution in [0.4, 0.5) is 11.6 Å². The van der Waals surface area contributed by atoms with Gasteiger partial charge in [-0.05, 0) is 31.5 Å². The summed E-state index contributed by atoms with van der Waals surface area (Å²) in [5.41, 5.74) is 9.46. The molecule has 9 heteroatoms. The maximum atomic E-state index is 12.3. The van der Waals surface area contributed by atoms with E-state index in [9.17, 15) is 10.1 Å². The molecule has 1 aliphatic rings. The number of nitriles is 1. The SMILES string of the molecule is CC1(C)C(=O)Nc2nc(-c3cn4ccnc4c(Cc4cccc(C#N)c4)n3)nc(N)c21. The molecule has 0 saturated heterocycles. The molecule has 9 nitrogen and oxygen atoms in total. The zero-order valence-electron chi connectivity index (χ0n) is 16.9.